The second-order valence-corrected chi connectivity index (χ2v) is 5.33. The first-order valence-electron chi connectivity index (χ1n) is 7.08. The van der Waals surface area contributed by atoms with Crippen LogP contribution in [0.3, 0.4) is 0 Å². The summed E-state index contributed by atoms with van der Waals surface area (Å²) < 4.78 is 10.9. The molecule has 3 rings (SSSR count). The van der Waals surface area contributed by atoms with Crippen LogP contribution in [0.15, 0.2) is 24.3 Å². The van der Waals surface area contributed by atoms with Crippen LogP contribution in [-0.2, 0) is 9.53 Å². The number of nitrogens with one attached hydrogen (secondary N) is 2. The Bertz CT molecular complexity index is 575. The molecule has 2 heterocycles. The van der Waals surface area contributed by atoms with Crippen LogP contribution >= 0.6 is 0 Å². The van der Waals surface area contributed by atoms with E-state index in [4.69, 9.17) is 9.47 Å². The zero-order chi connectivity index (χ0) is 14.9. The molecule has 2 N–H and O–H groups in total. The van der Waals surface area contributed by atoms with Crippen molar-refractivity contribution in [3.05, 3.63) is 29.8 Å². The molecule has 1 fully saturated rings. The Labute approximate surface area is 122 Å². The van der Waals surface area contributed by atoms with Crippen molar-refractivity contribution in [1.82, 2.24) is 10.6 Å². The van der Waals surface area contributed by atoms with Gasteiger partial charge >= 0.3 is 5.97 Å². The molecule has 21 heavy (non-hydrogen) atoms. The SMILES string of the molecule is CCOC(=O)[C@H]1CNC[C@@]12COc1ccccc1C(=O)N2. The lowest BCUT2D eigenvalue weighted by Crippen LogP contribution is -2.59. The smallest absolute Gasteiger partial charge is 0.312 e. The first kappa shape index (κ1) is 13.9. The molecule has 1 aromatic rings. The fourth-order valence-corrected chi connectivity index (χ4v) is 2.91. The van der Waals surface area contributed by atoms with Crippen LogP contribution in [0.1, 0.15) is 17.3 Å². The molecule has 1 amide bonds. The summed E-state index contributed by atoms with van der Waals surface area (Å²) in [5.74, 6) is -0.435. The van der Waals surface area contributed by atoms with Gasteiger partial charge in [0.2, 0.25) is 0 Å². The van der Waals surface area contributed by atoms with Gasteiger partial charge in [0.15, 0.2) is 0 Å². The molecule has 0 aromatic heterocycles. The number of carbonyl (C=O) groups is 2. The molecule has 1 aromatic carbocycles. The van der Waals surface area contributed by atoms with E-state index < -0.39 is 11.5 Å². The summed E-state index contributed by atoms with van der Waals surface area (Å²) >= 11 is 0. The van der Waals surface area contributed by atoms with Crippen molar-refractivity contribution in [2.24, 2.45) is 5.92 Å². The Balaban J connectivity index is 1.90. The first-order valence-corrected chi connectivity index (χ1v) is 7.08. The van der Waals surface area contributed by atoms with E-state index in [1.54, 1.807) is 25.1 Å². The minimum absolute atomic E-state index is 0.221. The molecular formula is C15H18N2O4. The van der Waals surface area contributed by atoms with Crippen LogP contribution in [0.2, 0.25) is 0 Å². The summed E-state index contributed by atoms with van der Waals surface area (Å²) in [5.41, 5.74) is -0.272. The molecule has 2 aliphatic heterocycles. The number of benzene rings is 1. The molecule has 0 bridgehead atoms. The second kappa shape index (κ2) is 5.37. The number of para-hydroxylation sites is 1. The number of fused-ring (bicyclic) bond motifs is 1. The molecule has 2 aliphatic rings. The van der Waals surface area contributed by atoms with Crippen LogP contribution in [0.5, 0.6) is 5.75 Å². The van der Waals surface area contributed by atoms with Gasteiger partial charge in [0.1, 0.15) is 17.9 Å². The van der Waals surface area contributed by atoms with Gasteiger partial charge in [-0.05, 0) is 19.1 Å². The third-order valence-electron chi connectivity index (χ3n) is 4.01. The number of amides is 1. The molecule has 6 heteroatoms. The third-order valence-corrected chi connectivity index (χ3v) is 4.01. The summed E-state index contributed by atoms with van der Waals surface area (Å²) in [6.45, 7) is 3.28. The molecule has 0 radical (unpaired) electrons. The topological polar surface area (TPSA) is 76.7 Å². The molecular weight excluding hydrogens is 272 g/mol. The second-order valence-electron chi connectivity index (χ2n) is 5.33. The zero-order valence-electron chi connectivity index (χ0n) is 11.8. The Morgan fingerprint density at radius 1 is 1.48 bits per heavy atom. The van der Waals surface area contributed by atoms with Crippen LogP contribution in [0.25, 0.3) is 0 Å². The minimum Gasteiger partial charge on any atom is -0.490 e. The van der Waals surface area contributed by atoms with Crippen molar-refractivity contribution in [2.45, 2.75) is 12.5 Å². The Kier molecular flexibility index (Phi) is 3.55. The van der Waals surface area contributed by atoms with Gasteiger partial charge in [0.05, 0.1) is 18.1 Å². The van der Waals surface area contributed by atoms with Gasteiger partial charge in [-0.15, -0.1) is 0 Å². The molecule has 2 atom stereocenters. The van der Waals surface area contributed by atoms with Crippen LogP contribution < -0.4 is 15.4 Å². The van der Waals surface area contributed by atoms with E-state index in [-0.39, 0.29) is 18.5 Å². The lowest BCUT2D eigenvalue weighted by Gasteiger charge is -2.31. The van der Waals surface area contributed by atoms with Crippen molar-refractivity contribution in [1.29, 1.82) is 0 Å². The third kappa shape index (κ3) is 2.35. The number of carbonyl (C=O) groups excluding carboxylic acids is 2. The predicted octanol–water partition coefficient (Wildman–Crippen LogP) is 0.330. The fourth-order valence-electron chi connectivity index (χ4n) is 2.91. The van der Waals surface area contributed by atoms with E-state index in [9.17, 15) is 9.59 Å². The van der Waals surface area contributed by atoms with Crippen molar-refractivity contribution in [3.8, 4) is 5.75 Å². The molecule has 1 saturated heterocycles. The van der Waals surface area contributed by atoms with Crippen LogP contribution in [0.4, 0.5) is 0 Å². The normalized spacial score (nSPS) is 27.5. The van der Waals surface area contributed by atoms with Crippen LogP contribution in [0, 0.1) is 5.92 Å². The zero-order valence-corrected chi connectivity index (χ0v) is 11.8. The highest BCUT2D eigenvalue weighted by Gasteiger charge is 2.51. The average Bonchev–Trinajstić information content (AvgIpc) is 2.83. The first-order chi connectivity index (χ1) is 10.2. The van der Waals surface area contributed by atoms with E-state index in [1.807, 2.05) is 6.07 Å². The summed E-state index contributed by atoms with van der Waals surface area (Å²) in [7, 11) is 0. The highest BCUT2D eigenvalue weighted by Crippen LogP contribution is 2.30. The van der Waals surface area contributed by atoms with E-state index in [0.717, 1.165) is 0 Å². The van der Waals surface area contributed by atoms with Crippen molar-refractivity contribution in [3.63, 3.8) is 0 Å². The maximum absolute atomic E-state index is 12.4. The maximum Gasteiger partial charge on any atom is 0.312 e. The van der Waals surface area contributed by atoms with Gasteiger partial charge < -0.3 is 20.1 Å². The van der Waals surface area contributed by atoms with Crippen molar-refractivity contribution < 1.29 is 19.1 Å². The molecule has 112 valence electrons. The highest BCUT2D eigenvalue weighted by molar-refractivity contribution is 5.98. The van der Waals surface area contributed by atoms with Gasteiger partial charge in [-0.25, -0.2) is 0 Å². The van der Waals surface area contributed by atoms with Gasteiger partial charge in [-0.2, -0.15) is 0 Å². The number of esters is 1. The van der Waals surface area contributed by atoms with E-state index in [2.05, 4.69) is 10.6 Å². The van der Waals surface area contributed by atoms with Gasteiger partial charge in [-0.3, -0.25) is 9.59 Å². The largest absolute Gasteiger partial charge is 0.490 e. The lowest BCUT2D eigenvalue weighted by atomic mass is 9.87. The Hall–Kier alpha value is -2.08. The van der Waals surface area contributed by atoms with Crippen LogP contribution in [-0.4, -0.2) is 43.7 Å². The quantitative estimate of drug-likeness (QED) is 0.768. The Morgan fingerprint density at radius 2 is 2.29 bits per heavy atom. The van der Waals surface area contributed by atoms with E-state index in [0.29, 0.717) is 31.0 Å². The predicted molar refractivity (Wildman–Crippen MR) is 75.1 cm³/mol. The summed E-state index contributed by atoms with van der Waals surface area (Å²) in [6.07, 6.45) is 0. The molecule has 0 unspecified atom stereocenters. The number of hydrogen-bond donors (Lipinski definition) is 2. The minimum atomic E-state index is -0.762. The summed E-state index contributed by atoms with van der Waals surface area (Å²) in [4.78, 5) is 24.6. The van der Waals surface area contributed by atoms with Gasteiger partial charge in [0, 0.05) is 13.1 Å². The Morgan fingerprint density at radius 3 is 3.10 bits per heavy atom. The highest BCUT2D eigenvalue weighted by atomic mass is 16.5. The average molecular weight is 290 g/mol. The van der Waals surface area contributed by atoms with Gasteiger partial charge in [0.25, 0.3) is 5.91 Å². The summed E-state index contributed by atoms with van der Waals surface area (Å²) in [5, 5.41) is 6.12. The number of hydrogen-bond acceptors (Lipinski definition) is 5. The summed E-state index contributed by atoms with van der Waals surface area (Å²) in [6, 6.07) is 7.08. The molecule has 6 nitrogen and oxygen atoms in total. The molecule has 0 aliphatic carbocycles. The maximum atomic E-state index is 12.4. The molecule has 0 saturated carbocycles. The fraction of sp³-hybridized carbons (Fsp3) is 0.467. The number of rotatable bonds is 2. The van der Waals surface area contributed by atoms with Crippen molar-refractivity contribution in [2.75, 3.05) is 26.3 Å². The monoisotopic (exact) mass is 290 g/mol. The lowest BCUT2D eigenvalue weighted by molar-refractivity contribution is -0.149. The van der Waals surface area contributed by atoms with E-state index >= 15 is 0 Å². The number of ether oxygens (including phenoxy) is 2. The molecule has 1 spiro atoms. The van der Waals surface area contributed by atoms with Crippen molar-refractivity contribution >= 4 is 11.9 Å². The van der Waals surface area contributed by atoms with E-state index in [1.165, 1.54) is 0 Å². The van der Waals surface area contributed by atoms with Gasteiger partial charge in [-0.1, -0.05) is 12.1 Å². The standard InChI is InChI=1S/C15H18N2O4/c1-2-20-14(19)11-7-16-8-15(11)9-21-12-6-4-3-5-10(12)13(18)17-15/h3-6,11,16H,2,7-9H2,1H3,(H,17,18)/t11-,15-/m1/s1.